The van der Waals surface area contributed by atoms with Gasteiger partial charge in [-0.1, -0.05) is 20.8 Å². The molecule has 7 nitrogen and oxygen atoms in total. The number of aliphatic imine (C=N–C) groups is 1. The van der Waals surface area contributed by atoms with Gasteiger partial charge in [0.05, 0.1) is 12.6 Å². The molecule has 10 heteroatoms. The Kier molecular flexibility index (Phi) is 10.2. The number of alkyl halides is 2. The third-order valence-electron chi connectivity index (χ3n) is 4.23. The largest absolute Gasteiger partial charge is 0.454 e. The van der Waals surface area contributed by atoms with E-state index in [0.29, 0.717) is 36.1 Å². The van der Waals surface area contributed by atoms with Gasteiger partial charge in [0.25, 0.3) is 0 Å². The molecular formula is C19H30F2IN3O4. The Morgan fingerprint density at radius 3 is 2.41 bits per heavy atom. The molecule has 1 unspecified atom stereocenters. The molecule has 1 aliphatic rings. The summed E-state index contributed by atoms with van der Waals surface area (Å²) >= 11 is 0. The first-order chi connectivity index (χ1) is 13.2. The summed E-state index contributed by atoms with van der Waals surface area (Å²) in [7, 11) is 1.67. The minimum Gasteiger partial charge on any atom is -0.454 e. The van der Waals surface area contributed by atoms with Gasteiger partial charge < -0.3 is 29.6 Å². The molecule has 2 rings (SSSR count). The molecule has 0 saturated carbocycles. The van der Waals surface area contributed by atoms with Gasteiger partial charge in [0.15, 0.2) is 17.5 Å². The fourth-order valence-corrected chi connectivity index (χ4v) is 2.73. The molecule has 0 bridgehead atoms. The van der Waals surface area contributed by atoms with Crippen molar-refractivity contribution in [2.75, 3.05) is 27.0 Å². The second kappa shape index (κ2) is 11.6. The second-order valence-corrected chi connectivity index (χ2v) is 7.36. The highest BCUT2D eigenvalue weighted by Gasteiger charge is 2.24. The number of nitrogens with zero attached hydrogens (tertiary/aromatic N) is 1. The number of benzene rings is 1. The molecule has 0 amide bonds. The summed E-state index contributed by atoms with van der Waals surface area (Å²) in [6, 6.07) is 3.01. The lowest BCUT2D eigenvalue weighted by atomic mass is 9.89. The zero-order chi connectivity index (χ0) is 20.7. The molecule has 0 spiro atoms. The lowest BCUT2D eigenvalue weighted by molar-refractivity contribution is -0.0505. The van der Waals surface area contributed by atoms with Crippen LogP contribution in [0.3, 0.4) is 0 Å². The van der Waals surface area contributed by atoms with Crippen molar-refractivity contribution in [2.24, 2.45) is 10.4 Å². The summed E-state index contributed by atoms with van der Waals surface area (Å²) in [5, 5.41) is 6.36. The number of fused-ring (bicyclic) bond motifs is 1. The number of rotatable bonds is 8. The molecule has 166 valence electrons. The molecule has 1 aromatic rings. The van der Waals surface area contributed by atoms with Crippen LogP contribution >= 0.6 is 24.0 Å². The van der Waals surface area contributed by atoms with E-state index in [2.05, 4.69) is 41.1 Å². The van der Waals surface area contributed by atoms with E-state index in [-0.39, 0.29) is 54.6 Å². The minimum absolute atomic E-state index is 0. The van der Waals surface area contributed by atoms with E-state index in [1.807, 2.05) is 6.92 Å². The molecule has 0 fully saturated rings. The van der Waals surface area contributed by atoms with E-state index < -0.39 is 6.61 Å². The van der Waals surface area contributed by atoms with E-state index in [0.717, 1.165) is 0 Å². The monoisotopic (exact) mass is 529 g/mol. The molecule has 1 atom stereocenters. The maximum atomic E-state index is 12.8. The van der Waals surface area contributed by atoms with E-state index in [1.54, 1.807) is 13.2 Å². The van der Waals surface area contributed by atoms with Crippen molar-refractivity contribution < 1.29 is 27.7 Å². The van der Waals surface area contributed by atoms with Crippen molar-refractivity contribution in [3.05, 3.63) is 17.7 Å². The summed E-state index contributed by atoms with van der Waals surface area (Å²) in [5.41, 5.74) is 0.426. The van der Waals surface area contributed by atoms with Crippen LogP contribution in [0.2, 0.25) is 0 Å². The maximum Gasteiger partial charge on any atom is 0.387 e. The highest BCUT2D eigenvalue weighted by Crippen LogP contribution is 2.39. The number of hydrogen-bond acceptors (Lipinski definition) is 5. The van der Waals surface area contributed by atoms with Crippen LogP contribution in [-0.4, -0.2) is 45.7 Å². The summed E-state index contributed by atoms with van der Waals surface area (Å²) in [6.07, 6.45) is -0.0281. The topological polar surface area (TPSA) is 73.3 Å². The Bertz CT molecular complexity index is 684. The molecule has 1 heterocycles. The van der Waals surface area contributed by atoms with Crippen LogP contribution < -0.4 is 24.8 Å². The number of nitrogens with one attached hydrogen (secondary N) is 2. The SMILES string of the molecule is CCNC(=NCc1cc2c(cc1OC(F)F)OCO2)NCC(OC)C(C)(C)C.I. The van der Waals surface area contributed by atoms with E-state index in [4.69, 9.17) is 14.2 Å². The van der Waals surface area contributed by atoms with Gasteiger partial charge >= 0.3 is 6.61 Å². The van der Waals surface area contributed by atoms with Crippen LogP contribution in [0.25, 0.3) is 0 Å². The third kappa shape index (κ3) is 7.65. The van der Waals surface area contributed by atoms with Gasteiger partial charge in [-0.25, -0.2) is 4.99 Å². The molecule has 0 aromatic heterocycles. The minimum atomic E-state index is -2.94. The quantitative estimate of drug-likeness (QED) is 0.304. The van der Waals surface area contributed by atoms with Crippen LogP contribution in [0, 0.1) is 5.41 Å². The highest BCUT2D eigenvalue weighted by atomic mass is 127. The Morgan fingerprint density at radius 2 is 1.86 bits per heavy atom. The van der Waals surface area contributed by atoms with Crippen LogP contribution in [0.5, 0.6) is 17.2 Å². The molecule has 29 heavy (non-hydrogen) atoms. The van der Waals surface area contributed by atoms with Gasteiger partial charge in [-0.15, -0.1) is 24.0 Å². The van der Waals surface area contributed by atoms with Gasteiger partial charge in [0, 0.05) is 31.8 Å². The van der Waals surface area contributed by atoms with E-state index in [9.17, 15) is 8.78 Å². The van der Waals surface area contributed by atoms with Crippen molar-refractivity contribution in [1.29, 1.82) is 0 Å². The molecule has 1 aromatic carbocycles. The first kappa shape index (κ1) is 25.5. The van der Waals surface area contributed by atoms with Crippen LogP contribution in [0.4, 0.5) is 8.78 Å². The first-order valence-electron chi connectivity index (χ1n) is 9.17. The number of guanidine groups is 1. The van der Waals surface area contributed by atoms with Crippen molar-refractivity contribution in [1.82, 2.24) is 10.6 Å². The highest BCUT2D eigenvalue weighted by molar-refractivity contribution is 14.0. The smallest absolute Gasteiger partial charge is 0.387 e. The molecule has 1 aliphatic heterocycles. The molecule has 0 aliphatic carbocycles. The Morgan fingerprint density at radius 1 is 1.21 bits per heavy atom. The number of halogens is 3. The predicted octanol–water partition coefficient (Wildman–Crippen LogP) is 3.75. The van der Waals surface area contributed by atoms with Gasteiger partial charge in [-0.05, 0) is 18.4 Å². The average molecular weight is 529 g/mol. The maximum absolute atomic E-state index is 12.8. The Labute approximate surface area is 187 Å². The van der Waals surface area contributed by atoms with E-state index >= 15 is 0 Å². The fraction of sp³-hybridized carbons (Fsp3) is 0.632. The molecule has 2 N–H and O–H groups in total. The summed E-state index contributed by atoms with van der Waals surface area (Å²) in [4.78, 5) is 4.48. The van der Waals surface area contributed by atoms with Crippen molar-refractivity contribution in [2.45, 2.75) is 47.0 Å². The molecule has 0 radical (unpaired) electrons. The Balaban J connectivity index is 0.00000420. The summed E-state index contributed by atoms with van der Waals surface area (Å²) in [6.45, 7) is 6.65. The lowest BCUT2D eigenvalue weighted by Crippen LogP contribution is -2.45. The zero-order valence-corrected chi connectivity index (χ0v) is 19.7. The third-order valence-corrected chi connectivity index (χ3v) is 4.23. The van der Waals surface area contributed by atoms with E-state index in [1.165, 1.54) is 6.07 Å². The Hall–Kier alpha value is -1.56. The predicted molar refractivity (Wildman–Crippen MR) is 118 cm³/mol. The zero-order valence-electron chi connectivity index (χ0n) is 17.4. The fourth-order valence-electron chi connectivity index (χ4n) is 2.73. The van der Waals surface area contributed by atoms with Gasteiger partial charge in [-0.2, -0.15) is 8.78 Å². The molecule has 0 saturated heterocycles. The van der Waals surface area contributed by atoms with Crippen molar-refractivity contribution >= 4 is 29.9 Å². The number of methoxy groups -OCH3 is 1. The van der Waals surface area contributed by atoms with Gasteiger partial charge in [-0.3, -0.25) is 0 Å². The van der Waals surface area contributed by atoms with Crippen molar-refractivity contribution in [3.8, 4) is 17.2 Å². The van der Waals surface area contributed by atoms with Crippen LogP contribution in [-0.2, 0) is 11.3 Å². The standard InChI is InChI=1S/C19H29F2N3O4.HI/c1-6-22-18(24-10-16(25-5)19(2,3)4)23-9-12-7-14-15(27-11-26-14)8-13(12)28-17(20)21;/h7-8,16-17H,6,9-11H2,1-5H3,(H2,22,23,24);1H. The molecular weight excluding hydrogens is 499 g/mol. The lowest BCUT2D eigenvalue weighted by Gasteiger charge is -2.30. The van der Waals surface area contributed by atoms with Crippen molar-refractivity contribution in [3.63, 3.8) is 0 Å². The number of hydrogen-bond donors (Lipinski definition) is 2. The number of ether oxygens (including phenoxy) is 4. The summed E-state index contributed by atoms with van der Waals surface area (Å²) in [5.74, 6) is 1.43. The van der Waals surface area contributed by atoms with Crippen LogP contribution in [0.1, 0.15) is 33.3 Å². The normalized spacial score (nSPS) is 14.4. The van der Waals surface area contributed by atoms with Crippen LogP contribution in [0.15, 0.2) is 17.1 Å². The first-order valence-corrected chi connectivity index (χ1v) is 9.17. The second-order valence-electron chi connectivity index (χ2n) is 7.36. The van der Waals surface area contributed by atoms with Gasteiger partial charge in [0.2, 0.25) is 6.79 Å². The van der Waals surface area contributed by atoms with Gasteiger partial charge in [0.1, 0.15) is 5.75 Å². The average Bonchev–Trinajstić information content (AvgIpc) is 3.05. The summed E-state index contributed by atoms with van der Waals surface area (Å²) < 4.78 is 46.2.